The van der Waals surface area contributed by atoms with Crippen molar-refractivity contribution >= 4 is 5.69 Å². The molecule has 3 heteroatoms. The lowest BCUT2D eigenvalue weighted by atomic mass is 10.0. The molecule has 1 fully saturated rings. The van der Waals surface area contributed by atoms with Crippen LogP contribution in [-0.4, -0.2) is 23.2 Å². The van der Waals surface area contributed by atoms with Crippen molar-refractivity contribution in [3.8, 4) is 0 Å². The quantitative estimate of drug-likeness (QED) is 0.854. The van der Waals surface area contributed by atoms with Crippen molar-refractivity contribution in [2.24, 2.45) is 5.92 Å². The van der Waals surface area contributed by atoms with Crippen molar-refractivity contribution in [1.82, 2.24) is 4.98 Å². The van der Waals surface area contributed by atoms with E-state index in [2.05, 4.69) is 22.9 Å². The van der Waals surface area contributed by atoms with Crippen molar-refractivity contribution in [2.45, 2.75) is 39.2 Å². The van der Waals surface area contributed by atoms with Crippen LogP contribution in [-0.2, 0) is 0 Å². The fraction of sp³-hybridized carbons (Fsp3) is 0.643. The average Bonchev–Trinajstić information content (AvgIpc) is 2.54. The maximum atomic E-state index is 9.43. The molecule has 1 aromatic rings. The van der Waals surface area contributed by atoms with E-state index in [1.54, 1.807) is 6.92 Å². The summed E-state index contributed by atoms with van der Waals surface area (Å²) in [6.07, 6.45) is 5.26. The lowest BCUT2D eigenvalue weighted by molar-refractivity contribution is 0.194. The van der Waals surface area contributed by atoms with E-state index in [1.165, 1.54) is 24.9 Å². The summed E-state index contributed by atoms with van der Waals surface area (Å²) in [5.74, 6) is 0.838. The van der Waals surface area contributed by atoms with Gasteiger partial charge in [-0.05, 0) is 44.2 Å². The van der Waals surface area contributed by atoms with Crippen LogP contribution in [0.5, 0.6) is 0 Å². The zero-order chi connectivity index (χ0) is 12.3. The first kappa shape index (κ1) is 12.4. The highest BCUT2D eigenvalue weighted by Gasteiger charge is 2.14. The Morgan fingerprint density at radius 3 is 2.82 bits per heavy atom. The molecular weight excluding hydrogens is 212 g/mol. The number of rotatable bonds is 2. The van der Waals surface area contributed by atoms with Crippen LogP contribution in [0.25, 0.3) is 0 Å². The maximum Gasteiger partial charge on any atom is 0.0931 e. The van der Waals surface area contributed by atoms with Gasteiger partial charge in [-0.1, -0.05) is 6.92 Å². The summed E-state index contributed by atoms with van der Waals surface area (Å²) < 4.78 is 0. The van der Waals surface area contributed by atoms with Crippen LogP contribution in [0.15, 0.2) is 18.3 Å². The van der Waals surface area contributed by atoms with E-state index in [1.807, 2.05) is 12.3 Å². The SMILES string of the molecule is CC1CCCN(c2ccc([C@H](C)O)nc2)CC1. The molecule has 0 aliphatic carbocycles. The van der Waals surface area contributed by atoms with Crippen LogP contribution in [0, 0.1) is 5.92 Å². The third kappa shape index (κ3) is 3.19. The smallest absolute Gasteiger partial charge is 0.0931 e. The molecule has 2 rings (SSSR count). The minimum absolute atomic E-state index is 0.479. The second-order valence-corrected chi connectivity index (χ2v) is 5.14. The monoisotopic (exact) mass is 234 g/mol. The molecule has 1 aliphatic heterocycles. The summed E-state index contributed by atoms with van der Waals surface area (Å²) in [7, 11) is 0. The molecule has 2 heterocycles. The second kappa shape index (κ2) is 5.50. The van der Waals surface area contributed by atoms with Crippen molar-refractivity contribution < 1.29 is 5.11 Å². The number of aromatic nitrogens is 1. The predicted octanol–water partition coefficient (Wildman–Crippen LogP) is 2.76. The molecule has 2 atom stereocenters. The second-order valence-electron chi connectivity index (χ2n) is 5.14. The highest BCUT2D eigenvalue weighted by molar-refractivity contribution is 5.44. The number of aliphatic hydroxyl groups excluding tert-OH is 1. The lowest BCUT2D eigenvalue weighted by Gasteiger charge is -2.22. The van der Waals surface area contributed by atoms with Gasteiger partial charge in [-0.15, -0.1) is 0 Å². The zero-order valence-corrected chi connectivity index (χ0v) is 10.8. The van der Waals surface area contributed by atoms with E-state index in [0.29, 0.717) is 0 Å². The number of nitrogens with zero attached hydrogens (tertiary/aromatic N) is 2. The topological polar surface area (TPSA) is 36.4 Å². The average molecular weight is 234 g/mol. The van der Waals surface area contributed by atoms with Gasteiger partial charge < -0.3 is 10.0 Å². The first-order chi connectivity index (χ1) is 8.16. The molecule has 1 N–H and O–H groups in total. The minimum Gasteiger partial charge on any atom is -0.387 e. The molecule has 0 radical (unpaired) electrons. The Hall–Kier alpha value is -1.09. The molecule has 0 spiro atoms. The Balaban J connectivity index is 2.06. The molecule has 1 aliphatic rings. The molecular formula is C14H22N2O. The molecule has 94 valence electrons. The molecule has 1 saturated heterocycles. The number of hydrogen-bond donors (Lipinski definition) is 1. The predicted molar refractivity (Wildman–Crippen MR) is 70.1 cm³/mol. The normalized spacial score (nSPS) is 23.2. The maximum absolute atomic E-state index is 9.43. The van der Waals surface area contributed by atoms with Gasteiger partial charge in [0.25, 0.3) is 0 Å². The summed E-state index contributed by atoms with van der Waals surface area (Å²) in [5.41, 5.74) is 1.93. The van der Waals surface area contributed by atoms with Crippen LogP contribution in [0.2, 0.25) is 0 Å². The van der Waals surface area contributed by atoms with Gasteiger partial charge in [-0.2, -0.15) is 0 Å². The largest absolute Gasteiger partial charge is 0.387 e. The van der Waals surface area contributed by atoms with Gasteiger partial charge in [0.15, 0.2) is 0 Å². The van der Waals surface area contributed by atoms with Gasteiger partial charge in [0.1, 0.15) is 0 Å². The highest BCUT2D eigenvalue weighted by Crippen LogP contribution is 2.22. The lowest BCUT2D eigenvalue weighted by Crippen LogP contribution is -2.24. The van der Waals surface area contributed by atoms with E-state index >= 15 is 0 Å². The Bertz CT molecular complexity index is 348. The first-order valence-corrected chi connectivity index (χ1v) is 6.56. The van der Waals surface area contributed by atoms with Crippen LogP contribution in [0.3, 0.4) is 0 Å². The third-order valence-corrected chi connectivity index (χ3v) is 3.58. The van der Waals surface area contributed by atoms with Crippen LogP contribution >= 0.6 is 0 Å². The minimum atomic E-state index is -0.479. The fourth-order valence-corrected chi connectivity index (χ4v) is 2.35. The summed E-state index contributed by atoms with van der Waals surface area (Å²) in [5, 5.41) is 9.43. The molecule has 0 aromatic carbocycles. The van der Waals surface area contributed by atoms with E-state index in [-0.39, 0.29) is 0 Å². The fourth-order valence-electron chi connectivity index (χ4n) is 2.35. The molecule has 3 nitrogen and oxygen atoms in total. The summed E-state index contributed by atoms with van der Waals surface area (Å²) in [6.45, 7) is 6.32. The summed E-state index contributed by atoms with van der Waals surface area (Å²) in [4.78, 5) is 6.72. The van der Waals surface area contributed by atoms with Crippen molar-refractivity contribution in [1.29, 1.82) is 0 Å². The van der Waals surface area contributed by atoms with Gasteiger partial charge in [0.05, 0.1) is 23.7 Å². The highest BCUT2D eigenvalue weighted by atomic mass is 16.3. The Morgan fingerprint density at radius 1 is 1.35 bits per heavy atom. The van der Waals surface area contributed by atoms with E-state index in [0.717, 1.165) is 24.7 Å². The summed E-state index contributed by atoms with van der Waals surface area (Å²) in [6, 6.07) is 4.00. The van der Waals surface area contributed by atoms with Crippen LogP contribution < -0.4 is 4.90 Å². The standard InChI is InChI=1S/C14H22N2O/c1-11-4-3-8-16(9-7-11)13-5-6-14(12(2)17)15-10-13/h5-6,10-12,17H,3-4,7-9H2,1-2H3/t11?,12-/m0/s1. The molecule has 0 saturated carbocycles. The van der Waals surface area contributed by atoms with Crippen molar-refractivity contribution in [2.75, 3.05) is 18.0 Å². The molecule has 0 bridgehead atoms. The van der Waals surface area contributed by atoms with Gasteiger partial charge in [0, 0.05) is 13.1 Å². The van der Waals surface area contributed by atoms with Crippen LogP contribution in [0.1, 0.15) is 44.9 Å². The summed E-state index contributed by atoms with van der Waals surface area (Å²) >= 11 is 0. The number of hydrogen-bond acceptors (Lipinski definition) is 3. The van der Waals surface area contributed by atoms with Gasteiger partial charge >= 0.3 is 0 Å². The van der Waals surface area contributed by atoms with E-state index < -0.39 is 6.10 Å². The number of anilines is 1. The van der Waals surface area contributed by atoms with Gasteiger partial charge in [0.2, 0.25) is 0 Å². The van der Waals surface area contributed by atoms with E-state index in [4.69, 9.17) is 0 Å². The molecule has 17 heavy (non-hydrogen) atoms. The van der Waals surface area contributed by atoms with Gasteiger partial charge in [-0.25, -0.2) is 0 Å². The molecule has 0 amide bonds. The first-order valence-electron chi connectivity index (χ1n) is 6.56. The van der Waals surface area contributed by atoms with Crippen LogP contribution in [0.4, 0.5) is 5.69 Å². The van der Waals surface area contributed by atoms with Crippen molar-refractivity contribution in [3.05, 3.63) is 24.0 Å². The van der Waals surface area contributed by atoms with Gasteiger partial charge in [-0.3, -0.25) is 4.98 Å². The number of pyridine rings is 1. The molecule has 1 unspecified atom stereocenters. The third-order valence-electron chi connectivity index (χ3n) is 3.58. The van der Waals surface area contributed by atoms with Crippen molar-refractivity contribution in [3.63, 3.8) is 0 Å². The Labute approximate surface area is 103 Å². The number of aliphatic hydroxyl groups is 1. The van der Waals surface area contributed by atoms with E-state index in [9.17, 15) is 5.11 Å². The Kier molecular flexibility index (Phi) is 4.00. The zero-order valence-electron chi connectivity index (χ0n) is 10.8. The molecule has 1 aromatic heterocycles. The Morgan fingerprint density at radius 2 is 2.18 bits per heavy atom.